The van der Waals surface area contributed by atoms with Crippen molar-refractivity contribution >= 4 is 11.3 Å². The van der Waals surface area contributed by atoms with Crippen LogP contribution in [0.3, 0.4) is 0 Å². The van der Waals surface area contributed by atoms with Crippen molar-refractivity contribution in [2.45, 2.75) is 32.0 Å². The fourth-order valence-electron chi connectivity index (χ4n) is 1.73. The highest BCUT2D eigenvalue weighted by atomic mass is 32.1. The van der Waals surface area contributed by atoms with Crippen molar-refractivity contribution in [3.63, 3.8) is 0 Å². The lowest BCUT2D eigenvalue weighted by Gasteiger charge is -2.00. The van der Waals surface area contributed by atoms with Gasteiger partial charge in [-0.25, -0.2) is 4.98 Å². The van der Waals surface area contributed by atoms with Gasteiger partial charge in [0.2, 0.25) is 0 Å². The van der Waals surface area contributed by atoms with Crippen molar-refractivity contribution in [1.29, 1.82) is 0 Å². The number of hydrogen-bond acceptors (Lipinski definition) is 3. The lowest BCUT2D eigenvalue weighted by atomic mass is 10.3. The molecule has 2 heterocycles. The van der Waals surface area contributed by atoms with E-state index < -0.39 is 0 Å². The molecule has 1 aliphatic carbocycles. The quantitative estimate of drug-likeness (QED) is 0.858. The van der Waals surface area contributed by atoms with Gasteiger partial charge in [-0.2, -0.15) is 0 Å². The molecule has 0 saturated heterocycles. The number of aromatic nitrogens is 2. The Balaban J connectivity index is 1.58. The molecule has 16 heavy (non-hydrogen) atoms. The molecule has 0 bridgehead atoms. The molecule has 3 rings (SSSR count). The predicted molar refractivity (Wildman–Crippen MR) is 65.5 cm³/mol. The van der Waals surface area contributed by atoms with Crippen LogP contribution >= 0.6 is 11.3 Å². The van der Waals surface area contributed by atoms with Crippen molar-refractivity contribution in [2.75, 3.05) is 0 Å². The smallest absolute Gasteiger partial charge is 0.112 e. The molecule has 0 unspecified atom stereocenters. The topological polar surface area (TPSA) is 29.9 Å². The van der Waals surface area contributed by atoms with Gasteiger partial charge in [0.15, 0.2) is 0 Å². The SMILES string of the molecule is c1csc(Cn2ccc(CNC3CC3)c2)n1. The van der Waals surface area contributed by atoms with E-state index in [9.17, 15) is 0 Å². The normalized spacial score (nSPS) is 15.5. The fourth-order valence-corrected chi connectivity index (χ4v) is 2.35. The van der Waals surface area contributed by atoms with Gasteiger partial charge >= 0.3 is 0 Å². The number of hydrogen-bond donors (Lipinski definition) is 1. The van der Waals surface area contributed by atoms with E-state index in [1.165, 1.54) is 18.4 Å². The first kappa shape index (κ1) is 10.1. The van der Waals surface area contributed by atoms with Crippen LogP contribution in [0.5, 0.6) is 0 Å². The second kappa shape index (κ2) is 4.39. The molecule has 1 aliphatic rings. The monoisotopic (exact) mass is 233 g/mol. The van der Waals surface area contributed by atoms with Crippen LogP contribution in [0.4, 0.5) is 0 Å². The standard InChI is InChI=1S/C12H15N3S/c1-2-11(1)14-7-10-3-5-15(8-10)9-12-13-4-6-16-12/h3-6,8,11,14H,1-2,7,9H2. The number of thiazole rings is 1. The van der Waals surface area contributed by atoms with Crippen molar-refractivity contribution in [3.8, 4) is 0 Å². The summed E-state index contributed by atoms with van der Waals surface area (Å²) < 4.78 is 2.20. The van der Waals surface area contributed by atoms with Crippen molar-refractivity contribution in [3.05, 3.63) is 40.6 Å². The van der Waals surface area contributed by atoms with E-state index in [0.717, 1.165) is 24.1 Å². The zero-order valence-electron chi connectivity index (χ0n) is 9.10. The highest BCUT2D eigenvalue weighted by Crippen LogP contribution is 2.19. The molecule has 0 aliphatic heterocycles. The first-order valence-electron chi connectivity index (χ1n) is 5.66. The van der Waals surface area contributed by atoms with Crippen LogP contribution in [-0.2, 0) is 13.1 Å². The average Bonchev–Trinajstić information content (AvgIpc) is 2.78. The summed E-state index contributed by atoms with van der Waals surface area (Å²) in [5.41, 5.74) is 1.36. The van der Waals surface area contributed by atoms with Gasteiger partial charge in [-0.15, -0.1) is 11.3 Å². The highest BCUT2D eigenvalue weighted by Gasteiger charge is 2.19. The molecular weight excluding hydrogens is 218 g/mol. The van der Waals surface area contributed by atoms with E-state index in [1.807, 2.05) is 11.6 Å². The van der Waals surface area contributed by atoms with Gasteiger partial charge in [-0.3, -0.25) is 0 Å². The summed E-state index contributed by atoms with van der Waals surface area (Å²) in [6, 6.07) is 2.96. The van der Waals surface area contributed by atoms with Crippen molar-refractivity contribution < 1.29 is 0 Å². The van der Waals surface area contributed by atoms with Gasteiger partial charge in [-0.1, -0.05) is 0 Å². The lowest BCUT2D eigenvalue weighted by Crippen LogP contribution is -2.14. The third-order valence-corrected chi connectivity index (χ3v) is 3.55. The van der Waals surface area contributed by atoms with Gasteiger partial charge in [0, 0.05) is 36.6 Å². The maximum Gasteiger partial charge on any atom is 0.112 e. The second-order valence-corrected chi connectivity index (χ2v) is 5.25. The largest absolute Gasteiger partial charge is 0.347 e. The maximum atomic E-state index is 4.29. The average molecular weight is 233 g/mol. The van der Waals surface area contributed by atoms with E-state index >= 15 is 0 Å². The Hall–Kier alpha value is -1.13. The second-order valence-electron chi connectivity index (χ2n) is 4.27. The lowest BCUT2D eigenvalue weighted by molar-refractivity contribution is 0.684. The summed E-state index contributed by atoms with van der Waals surface area (Å²) in [7, 11) is 0. The van der Waals surface area contributed by atoms with Crippen molar-refractivity contribution in [1.82, 2.24) is 14.9 Å². The third kappa shape index (κ3) is 2.51. The summed E-state index contributed by atoms with van der Waals surface area (Å²) in [5, 5.41) is 6.71. The Kier molecular flexibility index (Phi) is 2.76. The molecule has 0 spiro atoms. The Bertz CT molecular complexity index is 443. The molecule has 0 atom stereocenters. The van der Waals surface area contributed by atoms with Gasteiger partial charge in [0.1, 0.15) is 5.01 Å². The van der Waals surface area contributed by atoms with E-state index in [0.29, 0.717) is 0 Å². The van der Waals surface area contributed by atoms with Crippen LogP contribution in [-0.4, -0.2) is 15.6 Å². The Morgan fingerprint density at radius 3 is 3.19 bits per heavy atom. The van der Waals surface area contributed by atoms with Crippen LogP contribution < -0.4 is 5.32 Å². The van der Waals surface area contributed by atoms with Gasteiger partial charge in [0.05, 0.1) is 6.54 Å². The Morgan fingerprint density at radius 1 is 1.50 bits per heavy atom. The van der Waals surface area contributed by atoms with Crippen LogP contribution in [0.25, 0.3) is 0 Å². The molecule has 2 aromatic rings. The molecule has 3 nitrogen and oxygen atoms in total. The summed E-state index contributed by atoms with van der Waals surface area (Å²) in [6.45, 7) is 1.89. The minimum Gasteiger partial charge on any atom is -0.347 e. The number of nitrogens with zero attached hydrogens (tertiary/aromatic N) is 2. The predicted octanol–water partition coefficient (Wildman–Crippen LogP) is 2.24. The summed E-state index contributed by atoms with van der Waals surface area (Å²) in [6.07, 6.45) is 8.89. The highest BCUT2D eigenvalue weighted by molar-refractivity contribution is 7.09. The zero-order chi connectivity index (χ0) is 10.8. The number of nitrogens with one attached hydrogen (secondary N) is 1. The first-order chi connectivity index (χ1) is 7.90. The van der Waals surface area contributed by atoms with Gasteiger partial charge in [0.25, 0.3) is 0 Å². The Labute approximate surface area is 99.1 Å². The number of rotatable bonds is 5. The van der Waals surface area contributed by atoms with Crippen LogP contribution in [0.1, 0.15) is 23.4 Å². The van der Waals surface area contributed by atoms with Crippen molar-refractivity contribution in [2.24, 2.45) is 0 Å². The van der Waals surface area contributed by atoms with Crippen LogP contribution in [0.2, 0.25) is 0 Å². The van der Waals surface area contributed by atoms with Crippen LogP contribution in [0, 0.1) is 0 Å². The molecule has 0 amide bonds. The van der Waals surface area contributed by atoms with Gasteiger partial charge in [-0.05, 0) is 24.5 Å². The molecule has 0 radical (unpaired) electrons. The maximum absolute atomic E-state index is 4.29. The zero-order valence-corrected chi connectivity index (χ0v) is 9.91. The molecule has 2 aromatic heterocycles. The summed E-state index contributed by atoms with van der Waals surface area (Å²) in [5.74, 6) is 0. The molecule has 0 aromatic carbocycles. The molecule has 1 saturated carbocycles. The van der Waals surface area contributed by atoms with E-state index in [-0.39, 0.29) is 0 Å². The Morgan fingerprint density at radius 2 is 2.44 bits per heavy atom. The molecule has 4 heteroatoms. The summed E-state index contributed by atoms with van der Waals surface area (Å²) >= 11 is 1.71. The molecule has 1 fully saturated rings. The van der Waals surface area contributed by atoms with Gasteiger partial charge < -0.3 is 9.88 Å². The first-order valence-corrected chi connectivity index (χ1v) is 6.54. The molecular formula is C12H15N3S. The van der Waals surface area contributed by atoms with E-state index in [2.05, 4.69) is 33.3 Å². The van der Waals surface area contributed by atoms with Crippen LogP contribution in [0.15, 0.2) is 30.0 Å². The molecule has 84 valence electrons. The third-order valence-electron chi connectivity index (χ3n) is 2.79. The molecule has 1 N–H and O–H groups in total. The summed E-state index contributed by atoms with van der Waals surface area (Å²) in [4.78, 5) is 4.29. The minimum absolute atomic E-state index is 0.780. The fraction of sp³-hybridized carbons (Fsp3) is 0.417. The van der Waals surface area contributed by atoms with E-state index in [4.69, 9.17) is 0 Å². The van der Waals surface area contributed by atoms with E-state index in [1.54, 1.807) is 11.3 Å². The minimum atomic E-state index is 0.780.